The van der Waals surface area contributed by atoms with Gasteiger partial charge in [0.1, 0.15) is 5.54 Å². The minimum absolute atomic E-state index is 0.00118. The van der Waals surface area contributed by atoms with E-state index in [0.717, 1.165) is 42.5 Å². The molecule has 1 heterocycles. The van der Waals surface area contributed by atoms with Crippen molar-refractivity contribution >= 4 is 11.9 Å². The van der Waals surface area contributed by atoms with Crippen molar-refractivity contribution in [2.24, 2.45) is 0 Å². The molecule has 1 saturated heterocycles. The van der Waals surface area contributed by atoms with Gasteiger partial charge in [0.25, 0.3) is 5.91 Å². The first-order valence-electron chi connectivity index (χ1n) is 8.38. The summed E-state index contributed by atoms with van der Waals surface area (Å²) in [5, 5.41) is 12.6. The molecule has 154 valence electrons. The van der Waals surface area contributed by atoms with Gasteiger partial charge in [-0.15, -0.1) is 0 Å². The Hall–Kier alpha value is -3.01. The third-order valence-corrected chi connectivity index (χ3v) is 4.75. The van der Waals surface area contributed by atoms with Crippen molar-refractivity contribution in [1.82, 2.24) is 10.2 Å². The van der Waals surface area contributed by atoms with E-state index in [9.17, 15) is 36.6 Å². The van der Waals surface area contributed by atoms with Crippen LogP contribution in [0.2, 0.25) is 0 Å². The number of nitrogens with zero attached hydrogens (tertiary/aromatic N) is 1. The molecule has 0 radical (unpaired) electrons. The van der Waals surface area contributed by atoms with Crippen molar-refractivity contribution < 1.29 is 36.6 Å². The highest BCUT2D eigenvalue weighted by Gasteiger charge is 2.49. The van der Waals surface area contributed by atoms with E-state index in [0.29, 0.717) is 4.90 Å². The largest absolute Gasteiger partial charge is 0.416 e. The van der Waals surface area contributed by atoms with Gasteiger partial charge in [-0.1, -0.05) is 18.2 Å². The number of carbonyl (C=O) groups excluding carboxylic acids is 2. The second-order valence-electron chi connectivity index (χ2n) is 6.74. The smallest absolute Gasteiger partial charge is 0.387 e. The Balaban J connectivity index is 1.80. The first-order valence-corrected chi connectivity index (χ1v) is 8.38. The van der Waals surface area contributed by atoms with Crippen LogP contribution in [0.1, 0.15) is 29.7 Å². The third kappa shape index (κ3) is 3.80. The Kier molecular flexibility index (Phi) is 5.08. The number of urea groups is 1. The maximum absolute atomic E-state index is 13.5. The summed E-state index contributed by atoms with van der Waals surface area (Å²) in [4.78, 5) is 25.7. The average molecular weight is 414 g/mol. The highest BCUT2D eigenvalue weighted by atomic mass is 19.4. The third-order valence-electron chi connectivity index (χ3n) is 4.75. The van der Waals surface area contributed by atoms with Crippen LogP contribution in [0, 0.1) is 11.6 Å². The number of aliphatic hydroxyl groups is 1. The van der Waals surface area contributed by atoms with Crippen LogP contribution in [0.15, 0.2) is 42.5 Å². The molecule has 0 spiro atoms. The van der Waals surface area contributed by atoms with Crippen LogP contribution >= 0.6 is 0 Å². The van der Waals surface area contributed by atoms with E-state index in [4.69, 9.17) is 0 Å². The summed E-state index contributed by atoms with van der Waals surface area (Å²) in [6.07, 6.45) is -5.99. The standard InChI is InChI=1S/C19H15F5N2O3/c1-18(12-6-7-13(20)14(21)8-12)16(28)26(17(29)25-18)9-15(27)10-2-4-11(5-3-10)19(22,23)24/h2-8,15,27H,9H2,1H3,(H,25,29). The number of rotatable bonds is 4. The Labute approximate surface area is 161 Å². The number of alkyl halides is 3. The second kappa shape index (κ2) is 7.11. The fraction of sp³-hybridized carbons (Fsp3) is 0.263. The quantitative estimate of drug-likeness (QED) is 0.595. The first kappa shape index (κ1) is 20.7. The van der Waals surface area contributed by atoms with Crippen molar-refractivity contribution in [3.8, 4) is 0 Å². The highest BCUT2D eigenvalue weighted by Crippen LogP contribution is 2.32. The van der Waals surface area contributed by atoms with Crippen LogP contribution in [-0.4, -0.2) is 28.5 Å². The van der Waals surface area contributed by atoms with Gasteiger partial charge in [-0.25, -0.2) is 13.6 Å². The zero-order valence-corrected chi connectivity index (χ0v) is 14.9. The lowest BCUT2D eigenvalue weighted by Crippen LogP contribution is -2.41. The number of aliphatic hydroxyl groups excluding tert-OH is 1. The lowest BCUT2D eigenvalue weighted by Gasteiger charge is -2.23. The Bertz CT molecular complexity index is 961. The summed E-state index contributed by atoms with van der Waals surface area (Å²) in [5.74, 6) is -3.14. The molecule has 2 aromatic carbocycles. The molecule has 1 aliphatic rings. The molecule has 0 aromatic heterocycles. The van der Waals surface area contributed by atoms with Crippen molar-refractivity contribution in [1.29, 1.82) is 0 Å². The van der Waals surface area contributed by atoms with Gasteiger partial charge in [-0.3, -0.25) is 9.69 Å². The van der Waals surface area contributed by atoms with Crippen LogP contribution in [0.5, 0.6) is 0 Å². The summed E-state index contributed by atoms with van der Waals surface area (Å²) in [6.45, 7) is 0.764. The summed E-state index contributed by atoms with van der Waals surface area (Å²) in [5.41, 5.74) is -2.53. The molecule has 2 aromatic rings. The summed E-state index contributed by atoms with van der Waals surface area (Å²) in [7, 11) is 0. The van der Waals surface area contributed by atoms with Gasteiger partial charge >= 0.3 is 12.2 Å². The van der Waals surface area contributed by atoms with E-state index < -0.39 is 53.5 Å². The number of benzene rings is 2. The summed E-state index contributed by atoms with van der Waals surface area (Å²) >= 11 is 0. The van der Waals surface area contributed by atoms with Gasteiger partial charge in [0.05, 0.1) is 18.2 Å². The molecule has 1 aliphatic heterocycles. The predicted molar refractivity (Wildman–Crippen MR) is 90.4 cm³/mol. The molecule has 0 saturated carbocycles. The summed E-state index contributed by atoms with van der Waals surface area (Å²) < 4.78 is 64.6. The lowest BCUT2D eigenvalue weighted by molar-refractivity contribution is -0.137. The van der Waals surface area contributed by atoms with E-state index in [1.807, 2.05) is 0 Å². The molecule has 1 fully saturated rings. The number of carbonyl (C=O) groups is 2. The number of β-amino-alcohol motifs (C(OH)–C–C–N with tert-alkyl or cyclic N) is 1. The Morgan fingerprint density at radius 2 is 1.69 bits per heavy atom. The number of halogens is 5. The number of hydrogen-bond acceptors (Lipinski definition) is 3. The Morgan fingerprint density at radius 3 is 2.24 bits per heavy atom. The predicted octanol–water partition coefficient (Wildman–Crippen LogP) is 3.48. The maximum Gasteiger partial charge on any atom is 0.416 e. The molecule has 3 rings (SSSR count). The molecule has 2 N–H and O–H groups in total. The second-order valence-corrected chi connectivity index (χ2v) is 6.74. The van der Waals surface area contributed by atoms with Crippen LogP contribution < -0.4 is 5.32 Å². The maximum atomic E-state index is 13.5. The minimum atomic E-state index is -4.54. The summed E-state index contributed by atoms with van der Waals surface area (Å²) in [6, 6.07) is 5.49. The molecule has 10 heteroatoms. The van der Waals surface area contributed by atoms with Gasteiger partial charge in [0.2, 0.25) is 0 Å². The van der Waals surface area contributed by atoms with Crippen LogP contribution in [-0.2, 0) is 16.5 Å². The number of imide groups is 1. The molecule has 0 bridgehead atoms. The van der Waals surface area contributed by atoms with Gasteiger partial charge in [-0.2, -0.15) is 13.2 Å². The van der Waals surface area contributed by atoms with E-state index in [2.05, 4.69) is 5.32 Å². The number of amides is 3. The zero-order chi connectivity index (χ0) is 21.6. The zero-order valence-electron chi connectivity index (χ0n) is 14.9. The molecule has 5 nitrogen and oxygen atoms in total. The van der Waals surface area contributed by atoms with Gasteiger partial charge in [-0.05, 0) is 42.3 Å². The number of hydrogen-bond donors (Lipinski definition) is 2. The molecule has 3 amide bonds. The van der Waals surface area contributed by atoms with Crippen molar-refractivity contribution in [3.05, 3.63) is 70.8 Å². The molecular formula is C19H15F5N2O3. The monoisotopic (exact) mass is 414 g/mol. The SMILES string of the molecule is CC1(c2ccc(F)c(F)c2)NC(=O)N(CC(O)c2ccc(C(F)(F)F)cc2)C1=O. The van der Waals surface area contributed by atoms with Crippen LogP contribution in [0.3, 0.4) is 0 Å². The van der Waals surface area contributed by atoms with Gasteiger partial charge in [0, 0.05) is 0 Å². The molecule has 0 aliphatic carbocycles. The van der Waals surface area contributed by atoms with E-state index in [1.165, 1.54) is 6.92 Å². The van der Waals surface area contributed by atoms with E-state index in [-0.39, 0.29) is 11.1 Å². The van der Waals surface area contributed by atoms with E-state index >= 15 is 0 Å². The minimum Gasteiger partial charge on any atom is -0.387 e. The van der Waals surface area contributed by atoms with Crippen molar-refractivity contribution in [2.75, 3.05) is 6.54 Å². The van der Waals surface area contributed by atoms with Crippen LogP contribution in [0.4, 0.5) is 26.7 Å². The van der Waals surface area contributed by atoms with Crippen LogP contribution in [0.25, 0.3) is 0 Å². The van der Waals surface area contributed by atoms with E-state index in [1.54, 1.807) is 0 Å². The number of nitrogens with one attached hydrogen (secondary N) is 1. The molecule has 2 unspecified atom stereocenters. The topological polar surface area (TPSA) is 69.6 Å². The van der Waals surface area contributed by atoms with Crippen molar-refractivity contribution in [2.45, 2.75) is 24.7 Å². The Morgan fingerprint density at radius 1 is 1.07 bits per heavy atom. The van der Waals surface area contributed by atoms with Gasteiger partial charge in [0.15, 0.2) is 11.6 Å². The normalized spacial score (nSPS) is 20.7. The lowest BCUT2D eigenvalue weighted by atomic mass is 9.92. The fourth-order valence-electron chi connectivity index (χ4n) is 3.04. The highest BCUT2D eigenvalue weighted by molar-refractivity contribution is 6.07. The van der Waals surface area contributed by atoms with Crippen molar-refractivity contribution in [3.63, 3.8) is 0 Å². The fourth-order valence-corrected chi connectivity index (χ4v) is 3.04. The molecule has 2 atom stereocenters. The first-order chi connectivity index (χ1) is 13.4. The molecule has 29 heavy (non-hydrogen) atoms. The molecular weight excluding hydrogens is 399 g/mol. The average Bonchev–Trinajstić information content (AvgIpc) is 2.87. The van der Waals surface area contributed by atoms with Gasteiger partial charge < -0.3 is 10.4 Å².